The lowest BCUT2D eigenvalue weighted by molar-refractivity contribution is -0.119. The van der Waals surface area contributed by atoms with Crippen molar-refractivity contribution in [2.45, 2.75) is 42.4 Å². The maximum atomic E-state index is 15.6. The van der Waals surface area contributed by atoms with Crippen LogP contribution in [0.4, 0.5) is 15.8 Å². The molecule has 0 atom stereocenters. The molecule has 222 valence electrons. The molecule has 2 aromatic carbocycles. The maximum Gasteiger partial charge on any atom is 0.262 e. The zero-order chi connectivity index (χ0) is 29.8. The summed E-state index contributed by atoms with van der Waals surface area (Å²) in [6, 6.07) is 12.6. The highest BCUT2D eigenvalue weighted by atomic mass is 32.2. The minimum absolute atomic E-state index is 0.0354. The summed E-state index contributed by atoms with van der Waals surface area (Å²) in [5, 5.41) is 0.706. The number of ether oxygens (including phenoxy) is 1. The second kappa shape index (κ2) is 10.6. The van der Waals surface area contributed by atoms with Crippen LogP contribution in [0.25, 0.3) is 22.0 Å². The van der Waals surface area contributed by atoms with Gasteiger partial charge in [0.2, 0.25) is 11.8 Å². The van der Waals surface area contributed by atoms with Crippen molar-refractivity contribution in [1.29, 1.82) is 0 Å². The summed E-state index contributed by atoms with van der Waals surface area (Å²) in [7, 11) is -2.23. The molecule has 9 nitrogen and oxygen atoms in total. The Morgan fingerprint density at radius 2 is 1.81 bits per heavy atom. The quantitative estimate of drug-likeness (QED) is 0.266. The molecule has 1 aliphatic carbocycles. The van der Waals surface area contributed by atoms with E-state index in [1.165, 1.54) is 37.2 Å². The van der Waals surface area contributed by atoms with Crippen molar-refractivity contribution in [2.75, 3.05) is 42.9 Å². The number of halogens is 1. The fraction of sp³-hybridized carbons (Fsp3) is 0.344. The van der Waals surface area contributed by atoms with E-state index < -0.39 is 21.3 Å². The lowest BCUT2D eigenvalue weighted by atomic mass is 9.92. The number of likely N-dealkylation sites (tertiary alicyclic amines) is 1. The van der Waals surface area contributed by atoms with Crippen molar-refractivity contribution in [3.63, 3.8) is 0 Å². The molecule has 0 radical (unpaired) electrons. The average molecular weight is 602 g/mol. The number of anilines is 2. The maximum absolute atomic E-state index is 15.6. The number of sulfonamides is 1. The number of nitrogens with one attached hydrogen (secondary N) is 1. The van der Waals surface area contributed by atoms with Crippen LogP contribution in [-0.2, 0) is 20.2 Å². The molecule has 43 heavy (non-hydrogen) atoms. The van der Waals surface area contributed by atoms with Crippen LogP contribution in [0.3, 0.4) is 0 Å². The summed E-state index contributed by atoms with van der Waals surface area (Å²) < 4.78 is 50.8. The van der Waals surface area contributed by atoms with Gasteiger partial charge in [-0.3, -0.25) is 14.5 Å². The molecular formula is C32H32FN5O4S. The van der Waals surface area contributed by atoms with E-state index >= 15 is 4.39 Å². The smallest absolute Gasteiger partial charge is 0.262 e. The molecule has 0 unspecified atom stereocenters. The van der Waals surface area contributed by atoms with Crippen LogP contribution in [0.5, 0.6) is 5.88 Å². The fourth-order valence-electron chi connectivity index (χ4n) is 6.36. The summed E-state index contributed by atoms with van der Waals surface area (Å²) in [6.07, 6.45) is 7.77. The third-order valence-electron chi connectivity index (χ3n) is 8.76. The Morgan fingerprint density at radius 1 is 1.05 bits per heavy atom. The van der Waals surface area contributed by atoms with Gasteiger partial charge in [0.1, 0.15) is 11.5 Å². The van der Waals surface area contributed by atoms with E-state index in [0.29, 0.717) is 23.1 Å². The zero-order valence-electron chi connectivity index (χ0n) is 23.8. The first kappa shape index (κ1) is 27.7. The van der Waals surface area contributed by atoms with E-state index in [1.54, 1.807) is 48.5 Å². The van der Waals surface area contributed by atoms with Crippen LogP contribution in [0, 0.1) is 5.82 Å². The Balaban J connectivity index is 1.26. The minimum Gasteiger partial charge on any atom is -0.476 e. The molecule has 1 saturated heterocycles. The predicted molar refractivity (Wildman–Crippen MR) is 162 cm³/mol. The summed E-state index contributed by atoms with van der Waals surface area (Å²) in [5.41, 5.74) is 2.21. The molecule has 11 heteroatoms. The predicted octanol–water partition coefficient (Wildman–Crippen LogP) is 5.11. The van der Waals surface area contributed by atoms with Gasteiger partial charge in [-0.1, -0.05) is 18.2 Å². The number of benzene rings is 2. The van der Waals surface area contributed by atoms with Crippen molar-refractivity contribution < 1.29 is 22.3 Å². The Bertz CT molecular complexity index is 1840. The van der Waals surface area contributed by atoms with E-state index in [4.69, 9.17) is 4.74 Å². The van der Waals surface area contributed by atoms with Gasteiger partial charge < -0.3 is 14.5 Å². The molecule has 1 amide bonds. The molecule has 1 saturated carbocycles. The van der Waals surface area contributed by atoms with Gasteiger partial charge >= 0.3 is 0 Å². The van der Waals surface area contributed by atoms with E-state index in [0.717, 1.165) is 50.1 Å². The van der Waals surface area contributed by atoms with E-state index in [9.17, 15) is 13.2 Å². The minimum atomic E-state index is -3.98. The Morgan fingerprint density at radius 3 is 2.56 bits per heavy atom. The standard InChI is InChI=1S/C32H32FN5O4S/c1-37-28-20-34-26-18-25(33)23(17-24(26)29(28)32(10-11-32)31(37)39)21-16-27(36-43(40,41)22-8-3-2-4-9-22)30(35-19-21)42-15-7-14-38-12-5-6-13-38/h2-4,8-9,16-20,36H,5-7,10-15H2,1H3. The van der Waals surface area contributed by atoms with E-state index in [1.807, 2.05) is 0 Å². The third-order valence-corrected chi connectivity index (χ3v) is 10.1. The Labute approximate surface area is 249 Å². The van der Waals surface area contributed by atoms with Gasteiger partial charge in [-0.2, -0.15) is 0 Å². The van der Waals surface area contributed by atoms with Gasteiger partial charge in [-0.25, -0.2) is 17.8 Å². The summed E-state index contributed by atoms with van der Waals surface area (Å²) in [4.78, 5) is 26.1. The number of amides is 1. The van der Waals surface area contributed by atoms with Gasteiger partial charge in [0, 0.05) is 47.9 Å². The molecule has 1 N–H and O–H groups in total. The number of hydrogen-bond donors (Lipinski definition) is 1. The number of carbonyl (C=O) groups is 1. The number of fused-ring (bicyclic) bond motifs is 4. The number of carbonyl (C=O) groups excluding carboxylic acids is 1. The first-order valence-electron chi connectivity index (χ1n) is 14.6. The van der Waals surface area contributed by atoms with E-state index in [2.05, 4.69) is 19.6 Å². The number of rotatable bonds is 9. The first-order valence-corrected chi connectivity index (χ1v) is 16.1. The van der Waals surface area contributed by atoms with Crippen molar-refractivity contribution in [3.05, 3.63) is 72.3 Å². The van der Waals surface area contributed by atoms with Crippen molar-refractivity contribution in [1.82, 2.24) is 14.9 Å². The number of nitrogens with zero attached hydrogens (tertiary/aromatic N) is 4. The molecule has 2 fully saturated rings. The summed E-state index contributed by atoms with van der Waals surface area (Å²) in [5.74, 6) is -0.369. The fourth-order valence-corrected chi connectivity index (χ4v) is 7.43. The van der Waals surface area contributed by atoms with Crippen LogP contribution in [0.2, 0.25) is 0 Å². The summed E-state index contributed by atoms with van der Waals surface area (Å²) in [6.45, 7) is 3.41. The lowest BCUT2D eigenvalue weighted by Crippen LogP contribution is -2.28. The molecule has 7 rings (SSSR count). The molecule has 4 heterocycles. The normalized spacial score (nSPS) is 17.5. The largest absolute Gasteiger partial charge is 0.476 e. The molecular weight excluding hydrogens is 569 g/mol. The average Bonchev–Trinajstić information content (AvgIpc) is 3.58. The lowest BCUT2D eigenvalue weighted by Gasteiger charge is -2.17. The van der Waals surface area contributed by atoms with Crippen molar-refractivity contribution >= 4 is 38.2 Å². The molecule has 0 bridgehead atoms. The van der Waals surface area contributed by atoms with E-state index in [-0.39, 0.29) is 27.9 Å². The van der Waals surface area contributed by atoms with Gasteiger partial charge in [-0.05, 0) is 69.5 Å². The SMILES string of the molecule is CN1C(=O)C2(CC2)c2c1cnc1cc(F)c(-c3cnc(OCCCN4CCCC4)c(NS(=O)(=O)c4ccccc4)c3)cc21. The van der Waals surface area contributed by atoms with Crippen LogP contribution in [0.15, 0.2) is 65.8 Å². The van der Waals surface area contributed by atoms with Crippen LogP contribution in [-0.4, -0.2) is 62.5 Å². The monoisotopic (exact) mass is 601 g/mol. The highest BCUT2D eigenvalue weighted by Crippen LogP contribution is 2.58. The third kappa shape index (κ3) is 4.90. The second-order valence-corrected chi connectivity index (χ2v) is 13.2. The second-order valence-electron chi connectivity index (χ2n) is 11.6. The highest BCUT2D eigenvalue weighted by molar-refractivity contribution is 7.92. The van der Waals surface area contributed by atoms with Gasteiger partial charge in [0.15, 0.2) is 0 Å². The van der Waals surface area contributed by atoms with Gasteiger partial charge in [0.05, 0.1) is 34.3 Å². The van der Waals surface area contributed by atoms with Gasteiger partial charge in [-0.15, -0.1) is 0 Å². The Kier molecular flexibility index (Phi) is 6.81. The molecule has 1 spiro atoms. The van der Waals surface area contributed by atoms with Crippen LogP contribution >= 0.6 is 0 Å². The molecule has 3 aliphatic rings. The highest BCUT2D eigenvalue weighted by Gasteiger charge is 2.59. The van der Waals surface area contributed by atoms with Crippen molar-refractivity contribution in [3.8, 4) is 17.0 Å². The number of hydrogen-bond acceptors (Lipinski definition) is 7. The zero-order valence-corrected chi connectivity index (χ0v) is 24.7. The molecule has 2 aromatic heterocycles. The van der Waals surface area contributed by atoms with Crippen molar-refractivity contribution in [2.24, 2.45) is 0 Å². The van der Waals surface area contributed by atoms with Crippen LogP contribution < -0.4 is 14.4 Å². The number of aromatic nitrogens is 2. The Hall–Kier alpha value is -4.09. The number of pyridine rings is 2. The molecule has 2 aliphatic heterocycles. The number of likely N-dealkylation sites (N-methyl/N-ethyl adjacent to an activating group) is 1. The first-order chi connectivity index (χ1) is 20.8. The topological polar surface area (TPSA) is 105 Å². The van der Waals surface area contributed by atoms with Crippen LogP contribution in [0.1, 0.15) is 37.7 Å². The molecule has 4 aromatic rings. The summed E-state index contributed by atoms with van der Waals surface area (Å²) >= 11 is 0. The van der Waals surface area contributed by atoms with Gasteiger partial charge in [0.25, 0.3) is 10.0 Å².